The van der Waals surface area contributed by atoms with Crippen LogP contribution in [0.4, 0.5) is 0 Å². The Bertz CT molecular complexity index is 798. The van der Waals surface area contributed by atoms with Crippen molar-refractivity contribution in [3.05, 3.63) is 36.5 Å². The van der Waals surface area contributed by atoms with Crippen LogP contribution in [0.25, 0.3) is 17.2 Å². The predicted octanol–water partition coefficient (Wildman–Crippen LogP) is 1.84. The third-order valence-corrected chi connectivity index (χ3v) is 3.94. The Morgan fingerprint density at radius 3 is 2.70 bits per heavy atom. The highest BCUT2D eigenvalue weighted by atomic mass is 32.2. The maximum atomic E-state index is 10.8. The number of hydrogen-bond acceptors (Lipinski definition) is 6. The van der Waals surface area contributed by atoms with Gasteiger partial charge in [-0.3, -0.25) is 14.5 Å². The first-order valence-corrected chi connectivity index (χ1v) is 7.62. The lowest BCUT2D eigenvalue weighted by Gasteiger charge is -2.09. The minimum atomic E-state index is -0.914. The van der Waals surface area contributed by atoms with Crippen LogP contribution >= 0.6 is 11.8 Å². The van der Waals surface area contributed by atoms with Gasteiger partial charge in [-0.15, -0.1) is 10.2 Å². The van der Waals surface area contributed by atoms with Gasteiger partial charge in [-0.25, -0.2) is 0 Å². The largest absolute Gasteiger partial charge is 0.497 e. The zero-order valence-corrected chi connectivity index (χ0v) is 12.9. The maximum Gasteiger partial charge on any atom is 0.313 e. The van der Waals surface area contributed by atoms with Gasteiger partial charge in [-0.2, -0.15) is 5.10 Å². The van der Waals surface area contributed by atoms with E-state index in [1.807, 2.05) is 24.3 Å². The van der Waals surface area contributed by atoms with Gasteiger partial charge in [-0.05, 0) is 30.3 Å². The summed E-state index contributed by atoms with van der Waals surface area (Å²) in [7, 11) is 1.60. The SMILES string of the molecule is COc1ccc(-n2c(SCC(=O)O)nnc2-c2ccn[nH]2)cc1. The van der Waals surface area contributed by atoms with Gasteiger partial charge < -0.3 is 9.84 Å². The van der Waals surface area contributed by atoms with Gasteiger partial charge in [0.05, 0.1) is 18.6 Å². The number of thioether (sulfide) groups is 1. The molecule has 0 spiro atoms. The summed E-state index contributed by atoms with van der Waals surface area (Å²) >= 11 is 1.10. The molecule has 0 bridgehead atoms. The number of hydrogen-bond donors (Lipinski definition) is 2. The molecule has 0 saturated heterocycles. The third-order valence-electron chi connectivity index (χ3n) is 3.03. The quantitative estimate of drug-likeness (QED) is 0.664. The summed E-state index contributed by atoms with van der Waals surface area (Å²) in [6.07, 6.45) is 1.62. The number of ether oxygens (including phenoxy) is 1. The monoisotopic (exact) mass is 331 g/mol. The van der Waals surface area contributed by atoms with Crippen molar-refractivity contribution < 1.29 is 14.6 Å². The molecule has 2 N–H and O–H groups in total. The van der Waals surface area contributed by atoms with Crippen LogP contribution in [0.1, 0.15) is 0 Å². The van der Waals surface area contributed by atoms with Crippen molar-refractivity contribution in [3.8, 4) is 23.0 Å². The number of carboxylic acids is 1. The van der Waals surface area contributed by atoms with Gasteiger partial charge >= 0.3 is 5.97 Å². The molecule has 0 aliphatic carbocycles. The molecule has 9 heteroatoms. The van der Waals surface area contributed by atoms with Crippen LogP contribution in [-0.4, -0.2) is 48.9 Å². The highest BCUT2D eigenvalue weighted by Gasteiger charge is 2.17. The molecule has 0 radical (unpaired) electrons. The first-order valence-electron chi connectivity index (χ1n) is 6.63. The molecule has 3 aromatic rings. The number of aromatic amines is 1. The molecule has 0 aliphatic heterocycles. The fourth-order valence-corrected chi connectivity index (χ4v) is 2.68. The van der Waals surface area contributed by atoms with Crippen molar-refractivity contribution in [2.24, 2.45) is 0 Å². The Labute approximate surface area is 135 Å². The molecule has 0 unspecified atom stereocenters. The lowest BCUT2D eigenvalue weighted by molar-refractivity contribution is -0.133. The number of carboxylic acid groups (broad SMARTS) is 1. The topological polar surface area (TPSA) is 106 Å². The molecule has 118 valence electrons. The summed E-state index contributed by atoms with van der Waals surface area (Å²) in [5, 5.41) is 24.4. The van der Waals surface area contributed by atoms with E-state index in [4.69, 9.17) is 9.84 Å². The van der Waals surface area contributed by atoms with Gasteiger partial charge in [-0.1, -0.05) is 11.8 Å². The predicted molar refractivity (Wildman–Crippen MR) is 83.9 cm³/mol. The third kappa shape index (κ3) is 3.19. The van der Waals surface area contributed by atoms with Gasteiger partial charge in [0.1, 0.15) is 11.4 Å². The van der Waals surface area contributed by atoms with E-state index >= 15 is 0 Å². The zero-order valence-electron chi connectivity index (χ0n) is 12.1. The van der Waals surface area contributed by atoms with Crippen molar-refractivity contribution in [2.45, 2.75) is 5.16 Å². The second kappa shape index (κ2) is 6.53. The molecule has 0 fully saturated rings. The second-order valence-electron chi connectivity index (χ2n) is 4.49. The number of nitrogens with one attached hydrogen (secondary N) is 1. The van der Waals surface area contributed by atoms with Gasteiger partial charge in [0.15, 0.2) is 11.0 Å². The molecule has 1 aromatic carbocycles. The Kier molecular flexibility index (Phi) is 4.29. The van der Waals surface area contributed by atoms with E-state index < -0.39 is 5.97 Å². The molecule has 0 saturated carbocycles. The summed E-state index contributed by atoms with van der Waals surface area (Å²) in [4.78, 5) is 10.8. The second-order valence-corrected chi connectivity index (χ2v) is 5.43. The molecule has 2 aromatic heterocycles. The highest BCUT2D eigenvalue weighted by molar-refractivity contribution is 7.99. The summed E-state index contributed by atoms with van der Waals surface area (Å²) in [5.41, 5.74) is 1.49. The number of rotatable bonds is 6. The van der Waals surface area contributed by atoms with Crippen LogP contribution in [0, 0.1) is 0 Å². The molecule has 3 rings (SSSR count). The Hall–Kier alpha value is -2.81. The van der Waals surface area contributed by atoms with E-state index in [-0.39, 0.29) is 5.75 Å². The van der Waals surface area contributed by atoms with Gasteiger partial charge in [0.2, 0.25) is 0 Å². The van der Waals surface area contributed by atoms with E-state index in [1.165, 1.54) is 0 Å². The summed E-state index contributed by atoms with van der Waals surface area (Å²) in [6.45, 7) is 0. The molecule has 0 aliphatic rings. The first kappa shape index (κ1) is 15.1. The Morgan fingerprint density at radius 2 is 2.09 bits per heavy atom. The van der Waals surface area contributed by atoms with Crippen molar-refractivity contribution in [2.75, 3.05) is 12.9 Å². The Balaban J connectivity index is 2.06. The van der Waals surface area contributed by atoms with Crippen LogP contribution in [-0.2, 0) is 4.79 Å². The maximum absolute atomic E-state index is 10.8. The minimum Gasteiger partial charge on any atom is -0.497 e. The molecule has 0 atom stereocenters. The molecular formula is C14H13N5O3S. The van der Waals surface area contributed by atoms with Crippen LogP contribution < -0.4 is 4.74 Å². The van der Waals surface area contributed by atoms with E-state index in [9.17, 15) is 4.79 Å². The van der Waals surface area contributed by atoms with Crippen LogP contribution in [0.3, 0.4) is 0 Å². The highest BCUT2D eigenvalue weighted by Crippen LogP contribution is 2.27. The normalized spacial score (nSPS) is 10.7. The summed E-state index contributed by atoms with van der Waals surface area (Å²) < 4.78 is 6.94. The van der Waals surface area contributed by atoms with Crippen LogP contribution in [0.5, 0.6) is 5.75 Å². The smallest absolute Gasteiger partial charge is 0.313 e. The number of methoxy groups -OCH3 is 1. The molecule has 0 amide bonds. The fraction of sp³-hybridized carbons (Fsp3) is 0.143. The number of nitrogens with zero attached hydrogens (tertiary/aromatic N) is 4. The average molecular weight is 331 g/mol. The van der Waals surface area contributed by atoms with Crippen LogP contribution in [0.2, 0.25) is 0 Å². The number of benzene rings is 1. The first-order chi connectivity index (χ1) is 11.2. The number of aliphatic carboxylic acids is 1. The van der Waals surface area contributed by atoms with Gasteiger partial charge in [0.25, 0.3) is 0 Å². The lowest BCUT2D eigenvalue weighted by atomic mass is 10.3. The summed E-state index contributed by atoms with van der Waals surface area (Å²) in [6, 6.07) is 9.12. The number of H-pyrrole nitrogens is 1. The average Bonchev–Trinajstić information content (AvgIpc) is 3.22. The van der Waals surface area contributed by atoms with E-state index in [2.05, 4.69) is 20.4 Å². The Morgan fingerprint density at radius 1 is 1.30 bits per heavy atom. The fourth-order valence-electron chi connectivity index (χ4n) is 2.01. The van der Waals surface area contributed by atoms with Crippen molar-refractivity contribution in [1.29, 1.82) is 0 Å². The van der Waals surface area contributed by atoms with E-state index in [0.717, 1.165) is 23.2 Å². The van der Waals surface area contributed by atoms with Crippen molar-refractivity contribution >= 4 is 17.7 Å². The van der Waals surface area contributed by atoms with E-state index in [1.54, 1.807) is 23.9 Å². The number of carbonyl (C=O) groups is 1. The van der Waals surface area contributed by atoms with E-state index in [0.29, 0.717) is 16.7 Å². The van der Waals surface area contributed by atoms with Crippen molar-refractivity contribution in [3.63, 3.8) is 0 Å². The lowest BCUT2D eigenvalue weighted by Crippen LogP contribution is -2.03. The molecular weight excluding hydrogens is 318 g/mol. The van der Waals surface area contributed by atoms with Crippen molar-refractivity contribution in [1.82, 2.24) is 25.0 Å². The molecule has 23 heavy (non-hydrogen) atoms. The molecule has 8 nitrogen and oxygen atoms in total. The van der Waals surface area contributed by atoms with Gasteiger partial charge in [0, 0.05) is 6.20 Å². The van der Waals surface area contributed by atoms with Crippen LogP contribution in [0.15, 0.2) is 41.7 Å². The zero-order chi connectivity index (χ0) is 16.2. The molecule has 2 heterocycles. The number of aromatic nitrogens is 5. The summed E-state index contributed by atoms with van der Waals surface area (Å²) in [5.74, 6) is 0.268. The minimum absolute atomic E-state index is 0.0999. The standard InChI is InChI=1S/C14H13N5O3S/c1-22-10-4-2-9(3-5-10)19-13(11-6-7-15-16-11)17-18-14(19)23-8-12(20)21/h2-7H,8H2,1H3,(H,15,16)(H,20,21).